The van der Waals surface area contributed by atoms with Gasteiger partial charge >= 0.3 is 0 Å². The van der Waals surface area contributed by atoms with E-state index in [0.29, 0.717) is 5.92 Å². The molecule has 1 saturated heterocycles. The van der Waals surface area contributed by atoms with E-state index in [0.717, 1.165) is 32.4 Å². The van der Waals surface area contributed by atoms with E-state index in [1.807, 2.05) is 0 Å². The molecule has 0 aromatic carbocycles. The van der Waals surface area contributed by atoms with Crippen LogP contribution in [0.5, 0.6) is 0 Å². The smallest absolute Gasteiger partial charge is 0.0523 e. The van der Waals surface area contributed by atoms with Crippen molar-refractivity contribution in [2.45, 2.75) is 19.3 Å². The molecule has 1 heterocycles. The van der Waals surface area contributed by atoms with Gasteiger partial charge in [-0.15, -0.1) is 4.91 Å². The van der Waals surface area contributed by atoms with E-state index in [1.54, 1.807) is 5.01 Å². The number of hydrogen-bond acceptors (Lipinski definition) is 3. The summed E-state index contributed by atoms with van der Waals surface area (Å²) in [6, 6.07) is 0. The van der Waals surface area contributed by atoms with E-state index in [4.69, 9.17) is 5.11 Å². The number of hydrogen-bond donors (Lipinski definition) is 1. The van der Waals surface area contributed by atoms with Crippen molar-refractivity contribution in [3.63, 3.8) is 0 Å². The molecule has 1 aliphatic rings. The fourth-order valence-electron chi connectivity index (χ4n) is 1.47. The van der Waals surface area contributed by atoms with Crippen LogP contribution in [-0.4, -0.2) is 29.8 Å². The third-order valence-electron chi connectivity index (χ3n) is 2.24. The largest absolute Gasteiger partial charge is 0.396 e. The molecule has 0 spiro atoms. The number of nitroso groups, excluding NO2 is 1. The third-order valence-corrected chi connectivity index (χ3v) is 2.24. The van der Waals surface area contributed by atoms with Crippen LogP contribution in [0.25, 0.3) is 0 Å². The Morgan fingerprint density at radius 1 is 1.45 bits per heavy atom. The number of rotatable bonds is 3. The van der Waals surface area contributed by atoms with Crippen molar-refractivity contribution in [2.75, 3.05) is 19.7 Å². The Morgan fingerprint density at radius 2 is 2.09 bits per heavy atom. The zero-order valence-electron chi connectivity index (χ0n) is 6.57. The van der Waals surface area contributed by atoms with Gasteiger partial charge in [-0.1, -0.05) is 0 Å². The van der Waals surface area contributed by atoms with Crippen molar-refractivity contribution in [2.24, 2.45) is 11.2 Å². The van der Waals surface area contributed by atoms with Gasteiger partial charge in [-0.05, 0) is 25.2 Å². The van der Waals surface area contributed by atoms with Gasteiger partial charge < -0.3 is 5.11 Å². The van der Waals surface area contributed by atoms with Gasteiger partial charge in [0.1, 0.15) is 0 Å². The van der Waals surface area contributed by atoms with E-state index >= 15 is 0 Å². The predicted molar refractivity (Wildman–Crippen MR) is 41.8 cm³/mol. The van der Waals surface area contributed by atoms with E-state index in [-0.39, 0.29) is 6.61 Å². The van der Waals surface area contributed by atoms with Crippen LogP contribution in [-0.2, 0) is 0 Å². The number of piperidine rings is 1. The molecule has 1 N–H and O–H groups in total. The molecule has 4 heteroatoms. The van der Waals surface area contributed by atoms with Gasteiger partial charge in [0.05, 0.1) is 5.29 Å². The van der Waals surface area contributed by atoms with Crippen molar-refractivity contribution < 1.29 is 5.11 Å². The van der Waals surface area contributed by atoms with Gasteiger partial charge in [-0.3, -0.25) is 5.01 Å². The van der Waals surface area contributed by atoms with Crippen LogP contribution in [0.2, 0.25) is 0 Å². The average Bonchev–Trinajstić information content (AvgIpc) is 2.07. The molecule has 0 aliphatic carbocycles. The van der Waals surface area contributed by atoms with E-state index in [2.05, 4.69) is 5.29 Å². The molecular weight excluding hydrogens is 144 g/mol. The number of aliphatic hydroxyl groups excluding tert-OH is 1. The Balaban J connectivity index is 2.18. The predicted octanol–water partition coefficient (Wildman–Crippen LogP) is 0.762. The molecule has 0 saturated carbocycles. The van der Waals surface area contributed by atoms with Gasteiger partial charge in [0.15, 0.2) is 0 Å². The van der Waals surface area contributed by atoms with Crippen molar-refractivity contribution in [3.05, 3.63) is 4.91 Å². The van der Waals surface area contributed by atoms with E-state index in [1.165, 1.54) is 0 Å². The van der Waals surface area contributed by atoms with Crippen LogP contribution in [0.1, 0.15) is 19.3 Å². The Hall–Kier alpha value is -0.640. The van der Waals surface area contributed by atoms with Crippen LogP contribution in [0.3, 0.4) is 0 Å². The van der Waals surface area contributed by atoms with Crippen molar-refractivity contribution >= 4 is 0 Å². The first-order valence-electron chi connectivity index (χ1n) is 4.06. The SMILES string of the molecule is O=NN1CCC(CCO)CC1. The van der Waals surface area contributed by atoms with E-state index < -0.39 is 0 Å². The highest BCUT2D eigenvalue weighted by atomic mass is 16.3. The third kappa shape index (κ3) is 2.46. The molecule has 1 rings (SSSR count). The van der Waals surface area contributed by atoms with Crippen LogP contribution in [0, 0.1) is 10.8 Å². The molecule has 1 fully saturated rings. The molecule has 11 heavy (non-hydrogen) atoms. The highest BCUT2D eigenvalue weighted by Gasteiger charge is 2.17. The standard InChI is InChI=1S/C7H14N2O2/c10-6-3-7-1-4-9(8-11)5-2-7/h7,10H,1-6H2. The highest BCUT2D eigenvalue weighted by molar-refractivity contribution is 4.69. The van der Waals surface area contributed by atoms with Crippen molar-refractivity contribution in [1.29, 1.82) is 0 Å². The number of nitrogens with zero attached hydrogens (tertiary/aromatic N) is 2. The second-order valence-corrected chi connectivity index (χ2v) is 2.99. The fourth-order valence-corrected chi connectivity index (χ4v) is 1.47. The minimum atomic E-state index is 0.263. The summed E-state index contributed by atoms with van der Waals surface area (Å²) in [7, 11) is 0. The van der Waals surface area contributed by atoms with Crippen molar-refractivity contribution in [1.82, 2.24) is 5.01 Å². The summed E-state index contributed by atoms with van der Waals surface area (Å²) >= 11 is 0. The summed E-state index contributed by atoms with van der Waals surface area (Å²) in [5.41, 5.74) is 0. The summed E-state index contributed by atoms with van der Waals surface area (Å²) in [5, 5.41) is 13.1. The second kappa shape index (κ2) is 4.28. The first kappa shape index (κ1) is 8.46. The minimum Gasteiger partial charge on any atom is -0.396 e. The Labute approximate surface area is 66.1 Å². The summed E-state index contributed by atoms with van der Waals surface area (Å²) in [4.78, 5) is 10.1. The maximum atomic E-state index is 10.1. The van der Waals surface area contributed by atoms with Crippen molar-refractivity contribution in [3.8, 4) is 0 Å². The molecule has 4 nitrogen and oxygen atoms in total. The van der Waals surface area contributed by atoms with Gasteiger partial charge in [0.25, 0.3) is 0 Å². The minimum absolute atomic E-state index is 0.263. The zero-order chi connectivity index (χ0) is 8.10. The van der Waals surface area contributed by atoms with E-state index in [9.17, 15) is 4.91 Å². The Kier molecular flexibility index (Phi) is 3.29. The lowest BCUT2D eigenvalue weighted by Crippen LogP contribution is -2.29. The molecule has 0 unspecified atom stereocenters. The molecular formula is C7H14N2O2. The lowest BCUT2D eigenvalue weighted by Gasteiger charge is -2.26. The summed E-state index contributed by atoms with van der Waals surface area (Å²) in [6.45, 7) is 1.78. The zero-order valence-corrected chi connectivity index (χ0v) is 6.57. The lowest BCUT2D eigenvalue weighted by atomic mass is 9.95. The van der Waals surface area contributed by atoms with Gasteiger partial charge in [0, 0.05) is 19.7 Å². The second-order valence-electron chi connectivity index (χ2n) is 2.99. The molecule has 0 amide bonds. The normalized spacial score (nSPS) is 20.3. The van der Waals surface area contributed by atoms with Crippen LogP contribution >= 0.6 is 0 Å². The summed E-state index contributed by atoms with van der Waals surface area (Å²) < 4.78 is 0. The van der Waals surface area contributed by atoms with Crippen LogP contribution < -0.4 is 0 Å². The molecule has 0 radical (unpaired) electrons. The topological polar surface area (TPSA) is 52.9 Å². The van der Waals surface area contributed by atoms with Gasteiger partial charge in [-0.25, -0.2) is 0 Å². The fraction of sp³-hybridized carbons (Fsp3) is 1.00. The van der Waals surface area contributed by atoms with Gasteiger partial charge in [0.2, 0.25) is 0 Å². The lowest BCUT2D eigenvalue weighted by molar-refractivity contribution is 0.161. The molecule has 0 bridgehead atoms. The summed E-state index contributed by atoms with van der Waals surface area (Å²) in [5.74, 6) is 0.595. The molecule has 64 valence electrons. The van der Waals surface area contributed by atoms with Crippen LogP contribution in [0.15, 0.2) is 5.29 Å². The molecule has 0 aromatic rings. The van der Waals surface area contributed by atoms with Crippen LogP contribution in [0.4, 0.5) is 0 Å². The highest BCUT2D eigenvalue weighted by Crippen LogP contribution is 2.19. The summed E-state index contributed by atoms with van der Waals surface area (Å²) in [6.07, 6.45) is 2.85. The van der Waals surface area contributed by atoms with Gasteiger partial charge in [-0.2, -0.15) is 0 Å². The maximum absolute atomic E-state index is 10.1. The molecule has 0 atom stereocenters. The molecule has 0 aromatic heterocycles. The molecule has 1 aliphatic heterocycles. The Morgan fingerprint density at radius 3 is 2.55 bits per heavy atom. The average molecular weight is 158 g/mol. The monoisotopic (exact) mass is 158 g/mol. The quantitative estimate of drug-likeness (QED) is 0.617. The number of aliphatic hydroxyl groups is 1. The first-order valence-corrected chi connectivity index (χ1v) is 4.06. The maximum Gasteiger partial charge on any atom is 0.0523 e. The Bertz CT molecular complexity index is 122. The first-order chi connectivity index (χ1) is 5.36.